The molecule has 2 saturated heterocycles. The van der Waals surface area contributed by atoms with E-state index in [-0.39, 0.29) is 6.61 Å². The van der Waals surface area contributed by atoms with Gasteiger partial charge in [0.15, 0.2) is 0 Å². The number of piperidine rings is 2. The van der Waals surface area contributed by atoms with E-state index in [1.165, 1.54) is 51.4 Å². The zero-order valence-corrected chi connectivity index (χ0v) is 13.9. The molecular formula is C18H32N2O2. The molecule has 2 aliphatic heterocycles. The number of carbonyl (C=O) groups is 1. The van der Waals surface area contributed by atoms with Crippen molar-refractivity contribution < 1.29 is 9.90 Å². The molecule has 3 aliphatic rings. The molecule has 3 atom stereocenters. The normalized spacial score (nSPS) is 33.5. The van der Waals surface area contributed by atoms with Gasteiger partial charge in [-0.3, -0.25) is 9.69 Å². The Morgan fingerprint density at radius 2 is 1.73 bits per heavy atom. The lowest BCUT2D eigenvalue weighted by atomic mass is 9.78. The summed E-state index contributed by atoms with van der Waals surface area (Å²) in [5.41, 5.74) is 0. The van der Waals surface area contributed by atoms with Crippen molar-refractivity contribution >= 4 is 5.91 Å². The molecule has 0 spiro atoms. The summed E-state index contributed by atoms with van der Waals surface area (Å²) in [7, 11) is 0. The van der Waals surface area contributed by atoms with Crippen LogP contribution in [0.15, 0.2) is 0 Å². The van der Waals surface area contributed by atoms with Crippen LogP contribution < -0.4 is 0 Å². The summed E-state index contributed by atoms with van der Waals surface area (Å²) in [6.07, 6.45) is 12.1. The van der Waals surface area contributed by atoms with E-state index in [2.05, 4.69) is 9.80 Å². The number of hydrogen-bond donors (Lipinski definition) is 1. The number of aliphatic hydroxyl groups excluding tert-OH is 1. The predicted octanol–water partition coefficient (Wildman–Crippen LogP) is 2.40. The van der Waals surface area contributed by atoms with Crippen molar-refractivity contribution in [3.63, 3.8) is 0 Å². The van der Waals surface area contributed by atoms with Crippen LogP contribution in [0.4, 0.5) is 0 Å². The average Bonchev–Trinajstić information content (AvgIpc) is 2.56. The van der Waals surface area contributed by atoms with E-state index >= 15 is 0 Å². The summed E-state index contributed by atoms with van der Waals surface area (Å²) < 4.78 is 0. The lowest BCUT2D eigenvalue weighted by Gasteiger charge is -2.45. The topological polar surface area (TPSA) is 43.8 Å². The van der Waals surface area contributed by atoms with E-state index in [4.69, 9.17) is 0 Å². The van der Waals surface area contributed by atoms with Gasteiger partial charge in [0.05, 0.1) is 6.54 Å². The Kier molecular flexibility index (Phi) is 5.75. The second-order valence-electron chi connectivity index (χ2n) is 7.47. The van der Waals surface area contributed by atoms with Crippen molar-refractivity contribution in [2.45, 2.75) is 76.3 Å². The monoisotopic (exact) mass is 308 g/mol. The highest BCUT2D eigenvalue weighted by Gasteiger charge is 2.36. The van der Waals surface area contributed by atoms with Gasteiger partial charge in [0, 0.05) is 25.2 Å². The molecule has 1 aliphatic carbocycles. The van der Waals surface area contributed by atoms with Gasteiger partial charge >= 0.3 is 0 Å². The number of aliphatic hydroxyl groups is 1. The van der Waals surface area contributed by atoms with Crippen LogP contribution in [0.25, 0.3) is 0 Å². The maximum absolute atomic E-state index is 12.9. The SMILES string of the molecule is O=C(CN1CCCCC1CCO)N1CCCC2CCCCC21. The molecule has 2 heterocycles. The fourth-order valence-electron chi connectivity index (χ4n) is 4.94. The van der Waals surface area contributed by atoms with Crippen molar-refractivity contribution in [3.8, 4) is 0 Å². The van der Waals surface area contributed by atoms with Crippen molar-refractivity contribution in [2.24, 2.45) is 5.92 Å². The van der Waals surface area contributed by atoms with Gasteiger partial charge in [-0.15, -0.1) is 0 Å². The first-order chi connectivity index (χ1) is 10.8. The fourth-order valence-corrected chi connectivity index (χ4v) is 4.94. The van der Waals surface area contributed by atoms with Crippen LogP contribution >= 0.6 is 0 Å². The van der Waals surface area contributed by atoms with Gasteiger partial charge in [-0.25, -0.2) is 0 Å². The smallest absolute Gasteiger partial charge is 0.237 e. The standard InChI is InChI=1S/C18H32N2O2/c21-13-10-16-8-3-4-11-19(16)14-18(22)20-12-5-7-15-6-1-2-9-17(15)20/h15-17,21H,1-14H2. The summed E-state index contributed by atoms with van der Waals surface area (Å²) in [5, 5.41) is 9.25. The first-order valence-corrected chi connectivity index (χ1v) is 9.44. The Morgan fingerprint density at radius 3 is 2.59 bits per heavy atom. The van der Waals surface area contributed by atoms with Crippen LogP contribution in [0.3, 0.4) is 0 Å². The van der Waals surface area contributed by atoms with E-state index in [0.29, 0.717) is 24.5 Å². The first kappa shape index (κ1) is 16.3. The van der Waals surface area contributed by atoms with Gasteiger partial charge in [0.25, 0.3) is 0 Å². The number of rotatable bonds is 4. The third kappa shape index (κ3) is 3.65. The molecule has 3 fully saturated rings. The first-order valence-electron chi connectivity index (χ1n) is 9.44. The molecule has 1 N–H and O–H groups in total. The van der Waals surface area contributed by atoms with E-state index in [1.807, 2.05) is 0 Å². The highest BCUT2D eigenvalue weighted by atomic mass is 16.3. The lowest BCUT2D eigenvalue weighted by molar-refractivity contribution is -0.139. The molecular weight excluding hydrogens is 276 g/mol. The number of amides is 1. The molecule has 4 heteroatoms. The molecule has 0 radical (unpaired) electrons. The maximum Gasteiger partial charge on any atom is 0.237 e. The average molecular weight is 308 g/mol. The molecule has 0 aromatic carbocycles. The van der Waals surface area contributed by atoms with Gasteiger partial charge < -0.3 is 10.0 Å². The number of likely N-dealkylation sites (tertiary alicyclic amines) is 2. The van der Waals surface area contributed by atoms with Crippen molar-refractivity contribution in [2.75, 3.05) is 26.2 Å². The maximum atomic E-state index is 12.9. The van der Waals surface area contributed by atoms with Gasteiger partial charge in [-0.05, 0) is 57.4 Å². The Hall–Kier alpha value is -0.610. The largest absolute Gasteiger partial charge is 0.396 e. The van der Waals surface area contributed by atoms with Crippen LogP contribution in [0.2, 0.25) is 0 Å². The summed E-state index contributed by atoms with van der Waals surface area (Å²) in [6, 6.07) is 0.936. The third-order valence-corrected chi connectivity index (χ3v) is 6.11. The van der Waals surface area contributed by atoms with E-state index in [1.54, 1.807) is 0 Å². The minimum Gasteiger partial charge on any atom is -0.396 e. The van der Waals surface area contributed by atoms with Crippen molar-refractivity contribution in [1.82, 2.24) is 9.80 Å². The number of fused-ring (bicyclic) bond motifs is 1. The van der Waals surface area contributed by atoms with Crippen LogP contribution in [-0.2, 0) is 4.79 Å². The van der Waals surface area contributed by atoms with Crippen molar-refractivity contribution in [1.29, 1.82) is 0 Å². The Morgan fingerprint density at radius 1 is 0.955 bits per heavy atom. The predicted molar refractivity (Wildman–Crippen MR) is 87.6 cm³/mol. The molecule has 1 saturated carbocycles. The van der Waals surface area contributed by atoms with Crippen LogP contribution in [0, 0.1) is 5.92 Å². The number of carbonyl (C=O) groups excluding carboxylic acids is 1. The van der Waals surface area contributed by atoms with Gasteiger partial charge in [-0.2, -0.15) is 0 Å². The summed E-state index contributed by atoms with van der Waals surface area (Å²) >= 11 is 0. The minimum absolute atomic E-state index is 0.240. The Bertz CT molecular complexity index is 370. The zero-order chi connectivity index (χ0) is 15.4. The quantitative estimate of drug-likeness (QED) is 0.867. The molecule has 126 valence electrons. The lowest BCUT2D eigenvalue weighted by Crippen LogP contribution is -2.54. The highest BCUT2D eigenvalue weighted by Crippen LogP contribution is 2.35. The van der Waals surface area contributed by atoms with Crippen LogP contribution in [0.5, 0.6) is 0 Å². The molecule has 4 nitrogen and oxygen atoms in total. The second kappa shape index (κ2) is 7.78. The molecule has 1 amide bonds. The summed E-state index contributed by atoms with van der Waals surface area (Å²) in [4.78, 5) is 17.5. The van der Waals surface area contributed by atoms with Gasteiger partial charge in [0.2, 0.25) is 5.91 Å². The number of nitrogens with zero attached hydrogens (tertiary/aromatic N) is 2. The molecule has 22 heavy (non-hydrogen) atoms. The van der Waals surface area contributed by atoms with Crippen LogP contribution in [0.1, 0.15) is 64.2 Å². The Balaban J connectivity index is 1.60. The van der Waals surface area contributed by atoms with Crippen LogP contribution in [-0.4, -0.2) is 59.1 Å². The second-order valence-corrected chi connectivity index (χ2v) is 7.47. The third-order valence-electron chi connectivity index (χ3n) is 6.11. The van der Waals surface area contributed by atoms with E-state index in [0.717, 1.165) is 31.8 Å². The van der Waals surface area contributed by atoms with Crippen molar-refractivity contribution in [3.05, 3.63) is 0 Å². The molecule has 0 aromatic rings. The molecule has 3 unspecified atom stereocenters. The minimum atomic E-state index is 0.240. The van der Waals surface area contributed by atoms with Gasteiger partial charge in [0.1, 0.15) is 0 Å². The van der Waals surface area contributed by atoms with Gasteiger partial charge in [-0.1, -0.05) is 19.3 Å². The highest BCUT2D eigenvalue weighted by molar-refractivity contribution is 5.78. The molecule has 0 bridgehead atoms. The summed E-state index contributed by atoms with van der Waals surface area (Å²) in [5.74, 6) is 1.11. The zero-order valence-electron chi connectivity index (χ0n) is 13.9. The fraction of sp³-hybridized carbons (Fsp3) is 0.944. The Labute approximate surface area is 134 Å². The molecule has 0 aromatic heterocycles. The van der Waals surface area contributed by atoms with E-state index < -0.39 is 0 Å². The molecule has 3 rings (SSSR count). The van der Waals surface area contributed by atoms with E-state index in [9.17, 15) is 9.90 Å². The summed E-state index contributed by atoms with van der Waals surface area (Å²) in [6.45, 7) is 2.81. The number of hydrogen-bond acceptors (Lipinski definition) is 3.